The maximum absolute atomic E-state index is 14.1. The zero-order chi connectivity index (χ0) is 23.8. The Labute approximate surface area is 194 Å². The average Bonchev–Trinajstić information content (AvgIpc) is 3.22. The highest BCUT2D eigenvalue weighted by atomic mass is 32.2. The van der Waals surface area contributed by atoms with Crippen molar-refractivity contribution < 1.29 is 22.0 Å². The Bertz CT molecular complexity index is 1320. The molecule has 0 unspecified atom stereocenters. The van der Waals surface area contributed by atoms with Crippen molar-refractivity contribution in [2.75, 3.05) is 4.72 Å². The van der Waals surface area contributed by atoms with E-state index in [1.54, 1.807) is 48.8 Å². The van der Waals surface area contributed by atoms with Crippen LogP contribution in [0.25, 0.3) is 0 Å². The van der Waals surface area contributed by atoms with Gasteiger partial charge < -0.3 is 10.0 Å². The summed E-state index contributed by atoms with van der Waals surface area (Å²) >= 11 is 1.22. The molecule has 0 bridgehead atoms. The highest BCUT2D eigenvalue weighted by Gasteiger charge is 2.30. The third-order valence-corrected chi connectivity index (χ3v) is 7.19. The summed E-state index contributed by atoms with van der Waals surface area (Å²) in [5, 5.41) is 2.64. The number of hydrogen-bond acceptors (Lipinski definition) is 6. The van der Waals surface area contributed by atoms with E-state index >= 15 is 0 Å². The zero-order valence-electron chi connectivity index (χ0n) is 17.6. The van der Waals surface area contributed by atoms with Gasteiger partial charge in [-0.15, -0.1) is 0 Å². The minimum Gasteiger partial charge on any atom is -0.345 e. The second-order valence-electron chi connectivity index (χ2n) is 7.45. The summed E-state index contributed by atoms with van der Waals surface area (Å²) in [5.74, 6) is -2.12. The van der Waals surface area contributed by atoms with Crippen LogP contribution in [0.3, 0.4) is 0 Å². The number of carbonyl (C=O) groups excluding carboxylic acids is 1. The number of allylic oxidation sites excluding steroid dienone is 2. The summed E-state index contributed by atoms with van der Waals surface area (Å²) in [6.45, 7) is 3.32. The molecule has 0 saturated carbocycles. The number of benzene rings is 2. The second kappa shape index (κ2) is 8.91. The number of hydrogen-bond donors (Lipinski definition) is 3. The zero-order valence-corrected chi connectivity index (χ0v) is 19.2. The lowest BCUT2D eigenvalue weighted by atomic mass is 10.1. The normalized spacial score (nSPS) is 15.8. The third kappa shape index (κ3) is 4.74. The fraction of sp³-hybridized carbons (Fsp3) is 0.136. The van der Waals surface area contributed by atoms with Crippen LogP contribution in [0.4, 0.5) is 14.5 Å². The first-order valence-electron chi connectivity index (χ1n) is 9.86. The number of sulfonamides is 1. The molecule has 0 radical (unpaired) electrons. The summed E-state index contributed by atoms with van der Waals surface area (Å²) < 4.78 is 60.7. The van der Waals surface area contributed by atoms with Crippen molar-refractivity contribution in [2.45, 2.75) is 19.9 Å². The van der Waals surface area contributed by atoms with Gasteiger partial charge in [0, 0.05) is 24.0 Å². The topological polar surface area (TPSA) is 90.5 Å². The number of fused-ring (bicyclic) bond motifs is 1. The monoisotopic (exact) mass is 490 g/mol. The van der Waals surface area contributed by atoms with Crippen molar-refractivity contribution in [1.29, 1.82) is 0 Å². The first kappa shape index (κ1) is 22.9. The SMILES string of the molecule is Cc1ccc(C(=O)N[C@H](C)c2ccc(F)cc2F)c(NS(=O)(=O)C2=CC=CN3SNC=C23)c1. The average molecular weight is 491 g/mol. The second-order valence-corrected chi connectivity index (χ2v) is 9.91. The van der Waals surface area contributed by atoms with Gasteiger partial charge in [-0.3, -0.25) is 13.8 Å². The maximum atomic E-state index is 14.1. The van der Waals surface area contributed by atoms with Crippen LogP contribution in [0, 0.1) is 18.6 Å². The summed E-state index contributed by atoms with van der Waals surface area (Å²) in [7, 11) is -4.04. The molecule has 2 aromatic carbocycles. The van der Waals surface area contributed by atoms with Crippen LogP contribution in [-0.4, -0.2) is 18.6 Å². The number of nitrogens with zero attached hydrogens (tertiary/aromatic N) is 1. The van der Waals surface area contributed by atoms with E-state index in [4.69, 9.17) is 0 Å². The van der Waals surface area contributed by atoms with E-state index in [2.05, 4.69) is 14.8 Å². The first-order valence-corrected chi connectivity index (χ1v) is 12.1. The van der Waals surface area contributed by atoms with Gasteiger partial charge >= 0.3 is 0 Å². The van der Waals surface area contributed by atoms with Crippen LogP contribution in [0.2, 0.25) is 0 Å². The van der Waals surface area contributed by atoms with Gasteiger partial charge in [0.15, 0.2) is 0 Å². The largest absolute Gasteiger partial charge is 0.345 e. The van der Waals surface area contributed by atoms with E-state index in [1.807, 2.05) is 0 Å². The Kier molecular flexibility index (Phi) is 6.17. The Hall–Kier alpha value is -3.31. The van der Waals surface area contributed by atoms with E-state index < -0.39 is 33.6 Å². The van der Waals surface area contributed by atoms with Crippen molar-refractivity contribution >= 4 is 33.8 Å². The van der Waals surface area contributed by atoms with E-state index in [0.717, 1.165) is 17.7 Å². The molecule has 7 nitrogen and oxygen atoms in total. The van der Waals surface area contributed by atoms with Gasteiger partial charge in [0.2, 0.25) is 0 Å². The van der Waals surface area contributed by atoms with Crippen LogP contribution in [0.5, 0.6) is 0 Å². The smallest absolute Gasteiger partial charge is 0.264 e. The number of carbonyl (C=O) groups is 1. The van der Waals surface area contributed by atoms with Crippen molar-refractivity contribution in [2.24, 2.45) is 0 Å². The third-order valence-electron chi connectivity index (χ3n) is 5.04. The molecule has 3 N–H and O–H groups in total. The lowest BCUT2D eigenvalue weighted by Gasteiger charge is -2.22. The number of nitrogens with one attached hydrogen (secondary N) is 3. The van der Waals surface area contributed by atoms with Gasteiger partial charge in [-0.2, -0.15) is 0 Å². The summed E-state index contributed by atoms with van der Waals surface area (Å²) in [6, 6.07) is 7.02. The van der Waals surface area contributed by atoms with E-state index in [-0.39, 0.29) is 21.7 Å². The minimum atomic E-state index is -4.04. The molecule has 2 aromatic rings. The molecule has 1 amide bonds. The predicted octanol–water partition coefficient (Wildman–Crippen LogP) is 4.23. The molecular weight excluding hydrogens is 470 g/mol. The van der Waals surface area contributed by atoms with Crippen LogP contribution in [-0.2, 0) is 10.0 Å². The molecule has 0 spiro atoms. The van der Waals surface area contributed by atoms with Gasteiger partial charge in [-0.1, -0.05) is 12.1 Å². The lowest BCUT2D eigenvalue weighted by molar-refractivity contribution is 0.0940. The number of amides is 1. The van der Waals surface area contributed by atoms with E-state index in [1.165, 1.54) is 30.3 Å². The number of rotatable bonds is 6. The summed E-state index contributed by atoms with van der Waals surface area (Å²) in [4.78, 5) is 13.0. The molecule has 0 saturated heterocycles. The van der Waals surface area contributed by atoms with Crippen LogP contribution >= 0.6 is 12.1 Å². The molecule has 1 atom stereocenters. The molecule has 0 aliphatic carbocycles. The highest BCUT2D eigenvalue weighted by molar-refractivity contribution is 7.97. The van der Waals surface area contributed by atoms with Gasteiger partial charge in [-0.05, 0) is 49.8 Å². The standard InChI is InChI=1S/C22H20F2N4O3S2/c1-13-5-7-17(22(29)26-14(2)16-8-6-15(23)11-18(16)24)19(10-13)27-33(30,31)21-4-3-9-28-20(21)12-25-32-28/h3-12,14,25,27H,1-2H3,(H,26,29)/t14-/m1/s1. The Morgan fingerprint density at radius 2 is 1.97 bits per heavy atom. The molecule has 33 heavy (non-hydrogen) atoms. The molecule has 2 heterocycles. The van der Waals surface area contributed by atoms with Crippen molar-refractivity contribution in [3.8, 4) is 0 Å². The first-order chi connectivity index (χ1) is 15.7. The van der Waals surface area contributed by atoms with Gasteiger partial charge in [0.1, 0.15) is 16.5 Å². The van der Waals surface area contributed by atoms with Crippen LogP contribution < -0.4 is 14.8 Å². The molecule has 4 rings (SSSR count). The minimum absolute atomic E-state index is 0.0390. The van der Waals surface area contributed by atoms with E-state index in [9.17, 15) is 22.0 Å². The van der Waals surface area contributed by atoms with Crippen LogP contribution in [0.1, 0.15) is 34.5 Å². The summed E-state index contributed by atoms with van der Waals surface area (Å²) in [6.07, 6.45) is 6.36. The Morgan fingerprint density at radius 1 is 1.18 bits per heavy atom. The Morgan fingerprint density at radius 3 is 2.73 bits per heavy atom. The molecular formula is C22H20F2N4O3S2. The number of aryl methyl sites for hydroxylation is 1. The van der Waals surface area contributed by atoms with E-state index in [0.29, 0.717) is 5.70 Å². The molecule has 172 valence electrons. The lowest BCUT2D eigenvalue weighted by Crippen LogP contribution is -2.29. The Balaban J connectivity index is 1.60. The molecule has 2 aliphatic rings. The maximum Gasteiger partial charge on any atom is 0.264 e. The van der Waals surface area contributed by atoms with Crippen molar-refractivity contribution in [1.82, 2.24) is 14.3 Å². The predicted molar refractivity (Wildman–Crippen MR) is 124 cm³/mol. The summed E-state index contributed by atoms with van der Waals surface area (Å²) in [5.41, 5.74) is 1.44. The van der Waals surface area contributed by atoms with Crippen molar-refractivity contribution in [3.63, 3.8) is 0 Å². The highest BCUT2D eigenvalue weighted by Crippen LogP contribution is 2.34. The van der Waals surface area contributed by atoms with Crippen molar-refractivity contribution in [3.05, 3.63) is 99.9 Å². The molecule has 2 aliphatic heterocycles. The molecule has 0 fully saturated rings. The molecule has 0 aromatic heterocycles. The van der Waals surface area contributed by atoms with Crippen LogP contribution in [0.15, 0.2) is 71.6 Å². The van der Waals surface area contributed by atoms with Gasteiger partial charge in [0.25, 0.3) is 15.9 Å². The fourth-order valence-electron chi connectivity index (χ4n) is 3.41. The van der Waals surface area contributed by atoms with Gasteiger partial charge in [-0.25, -0.2) is 17.2 Å². The quantitative estimate of drug-likeness (QED) is 0.525. The number of halogens is 2. The molecule has 11 heteroatoms. The number of anilines is 1. The fourth-order valence-corrected chi connectivity index (χ4v) is 5.38. The van der Waals surface area contributed by atoms with Gasteiger partial charge in [0.05, 0.1) is 35.1 Å².